The first-order valence-electron chi connectivity index (χ1n) is 6.85. The molecular formula is C15H18N4S. The summed E-state index contributed by atoms with van der Waals surface area (Å²) >= 11 is 1.63. The SMILES string of the molecule is CCn1c(C(C)NCc2cscn2)nc2ccccc21. The Bertz CT molecular complexity index is 687. The zero-order chi connectivity index (χ0) is 13.9. The van der Waals surface area contributed by atoms with Crippen molar-refractivity contribution in [1.29, 1.82) is 0 Å². The molecule has 1 N–H and O–H groups in total. The molecule has 1 atom stereocenters. The standard InChI is InChI=1S/C15H18N4S/c1-3-19-14-7-5-4-6-13(14)18-15(19)11(2)16-8-12-9-20-10-17-12/h4-7,9-11,16H,3,8H2,1-2H3. The Morgan fingerprint density at radius 3 is 2.95 bits per heavy atom. The van der Waals surface area contributed by atoms with E-state index in [9.17, 15) is 0 Å². The maximum atomic E-state index is 4.77. The van der Waals surface area contributed by atoms with Gasteiger partial charge in [-0.1, -0.05) is 12.1 Å². The van der Waals surface area contributed by atoms with E-state index in [1.807, 2.05) is 11.6 Å². The lowest BCUT2D eigenvalue weighted by Crippen LogP contribution is -2.21. The fourth-order valence-corrected chi connectivity index (χ4v) is 2.99. The molecule has 0 aliphatic heterocycles. The quantitative estimate of drug-likeness (QED) is 0.782. The number of imidazole rings is 1. The fourth-order valence-electron chi connectivity index (χ4n) is 2.43. The summed E-state index contributed by atoms with van der Waals surface area (Å²) in [6.07, 6.45) is 0. The highest BCUT2D eigenvalue weighted by Gasteiger charge is 2.15. The molecule has 0 saturated carbocycles. The van der Waals surface area contributed by atoms with Crippen molar-refractivity contribution in [2.45, 2.75) is 33.0 Å². The van der Waals surface area contributed by atoms with Crippen LogP contribution in [0.15, 0.2) is 35.2 Å². The smallest absolute Gasteiger partial charge is 0.126 e. The minimum absolute atomic E-state index is 0.198. The normalized spacial score (nSPS) is 12.9. The summed E-state index contributed by atoms with van der Waals surface area (Å²) in [6, 6.07) is 8.49. The van der Waals surface area contributed by atoms with Crippen LogP contribution in [0.1, 0.15) is 31.4 Å². The molecule has 1 aromatic carbocycles. The highest BCUT2D eigenvalue weighted by atomic mass is 32.1. The molecule has 0 bridgehead atoms. The van der Waals surface area contributed by atoms with E-state index in [1.165, 1.54) is 5.52 Å². The van der Waals surface area contributed by atoms with Gasteiger partial charge in [-0.25, -0.2) is 9.97 Å². The van der Waals surface area contributed by atoms with Crippen molar-refractivity contribution in [2.75, 3.05) is 0 Å². The largest absolute Gasteiger partial charge is 0.327 e. The predicted molar refractivity (Wildman–Crippen MR) is 82.8 cm³/mol. The number of para-hydroxylation sites is 2. The van der Waals surface area contributed by atoms with E-state index in [4.69, 9.17) is 4.98 Å². The fraction of sp³-hybridized carbons (Fsp3) is 0.333. The molecule has 2 heterocycles. The monoisotopic (exact) mass is 286 g/mol. The Morgan fingerprint density at radius 2 is 2.20 bits per heavy atom. The third-order valence-corrected chi connectivity index (χ3v) is 4.10. The summed E-state index contributed by atoms with van der Waals surface area (Å²) < 4.78 is 2.27. The number of fused-ring (bicyclic) bond motifs is 1. The average molecular weight is 286 g/mol. The van der Waals surface area contributed by atoms with Gasteiger partial charge in [0.05, 0.1) is 28.3 Å². The zero-order valence-corrected chi connectivity index (χ0v) is 12.5. The molecule has 0 spiro atoms. The zero-order valence-electron chi connectivity index (χ0n) is 11.7. The minimum Gasteiger partial charge on any atom is -0.327 e. The third kappa shape index (κ3) is 2.46. The number of aryl methyl sites for hydroxylation is 1. The van der Waals surface area contributed by atoms with Crippen LogP contribution in [0.5, 0.6) is 0 Å². The number of benzene rings is 1. The Morgan fingerprint density at radius 1 is 1.35 bits per heavy atom. The summed E-state index contributed by atoms with van der Waals surface area (Å²) in [5.74, 6) is 1.09. The molecule has 1 unspecified atom stereocenters. The summed E-state index contributed by atoms with van der Waals surface area (Å²) in [4.78, 5) is 9.06. The molecule has 2 aromatic heterocycles. The lowest BCUT2D eigenvalue weighted by atomic mass is 10.3. The molecule has 3 aromatic rings. The van der Waals surface area contributed by atoms with Gasteiger partial charge in [0.15, 0.2) is 0 Å². The van der Waals surface area contributed by atoms with Gasteiger partial charge < -0.3 is 9.88 Å². The summed E-state index contributed by atoms with van der Waals surface area (Å²) in [6.45, 7) is 6.01. The lowest BCUT2D eigenvalue weighted by Gasteiger charge is -2.14. The Balaban J connectivity index is 1.85. The van der Waals surface area contributed by atoms with Crippen LogP contribution in [-0.4, -0.2) is 14.5 Å². The van der Waals surface area contributed by atoms with Crippen LogP contribution >= 0.6 is 11.3 Å². The van der Waals surface area contributed by atoms with E-state index >= 15 is 0 Å². The van der Waals surface area contributed by atoms with E-state index in [0.717, 1.165) is 30.1 Å². The molecule has 0 fully saturated rings. The van der Waals surface area contributed by atoms with Gasteiger partial charge in [0, 0.05) is 18.5 Å². The van der Waals surface area contributed by atoms with Crippen LogP contribution < -0.4 is 5.32 Å². The second kappa shape index (κ2) is 5.73. The number of nitrogens with zero attached hydrogens (tertiary/aromatic N) is 3. The van der Waals surface area contributed by atoms with Crippen molar-refractivity contribution >= 4 is 22.4 Å². The van der Waals surface area contributed by atoms with Crippen LogP contribution in [-0.2, 0) is 13.1 Å². The molecule has 0 amide bonds. The van der Waals surface area contributed by atoms with E-state index in [-0.39, 0.29) is 6.04 Å². The maximum Gasteiger partial charge on any atom is 0.126 e. The Labute approximate surface area is 122 Å². The molecule has 5 heteroatoms. The first kappa shape index (κ1) is 13.3. The van der Waals surface area contributed by atoms with Gasteiger partial charge in [0.2, 0.25) is 0 Å². The van der Waals surface area contributed by atoms with Gasteiger partial charge in [-0.15, -0.1) is 11.3 Å². The van der Waals surface area contributed by atoms with Crippen molar-refractivity contribution in [3.63, 3.8) is 0 Å². The summed E-state index contributed by atoms with van der Waals surface area (Å²) in [5, 5.41) is 5.57. The molecule has 104 valence electrons. The molecule has 0 aliphatic rings. The molecule has 0 radical (unpaired) electrons. The molecule has 0 aliphatic carbocycles. The van der Waals surface area contributed by atoms with Gasteiger partial charge in [-0.2, -0.15) is 0 Å². The number of hydrogen-bond acceptors (Lipinski definition) is 4. The highest BCUT2D eigenvalue weighted by Crippen LogP contribution is 2.20. The Kier molecular flexibility index (Phi) is 3.80. The van der Waals surface area contributed by atoms with E-state index < -0.39 is 0 Å². The van der Waals surface area contributed by atoms with Crippen LogP contribution in [0.4, 0.5) is 0 Å². The first-order valence-corrected chi connectivity index (χ1v) is 7.79. The number of rotatable bonds is 5. The molecular weight excluding hydrogens is 268 g/mol. The van der Waals surface area contributed by atoms with Gasteiger partial charge >= 0.3 is 0 Å². The minimum atomic E-state index is 0.198. The van der Waals surface area contributed by atoms with Crippen molar-refractivity contribution in [3.05, 3.63) is 46.7 Å². The Hall–Kier alpha value is -1.72. The van der Waals surface area contributed by atoms with Crippen molar-refractivity contribution in [1.82, 2.24) is 19.9 Å². The van der Waals surface area contributed by atoms with Gasteiger partial charge in [-0.05, 0) is 26.0 Å². The van der Waals surface area contributed by atoms with Crippen LogP contribution in [0.3, 0.4) is 0 Å². The second-order valence-corrected chi connectivity index (χ2v) is 5.50. The molecule has 3 rings (SSSR count). The van der Waals surface area contributed by atoms with Crippen molar-refractivity contribution < 1.29 is 0 Å². The number of aromatic nitrogens is 3. The lowest BCUT2D eigenvalue weighted by molar-refractivity contribution is 0.518. The first-order chi connectivity index (χ1) is 9.79. The number of thiazole rings is 1. The molecule has 20 heavy (non-hydrogen) atoms. The second-order valence-electron chi connectivity index (χ2n) is 4.79. The van der Waals surface area contributed by atoms with E-state index in [0.29, 0.717) is 0 Å². The highest BCUT2D eigenvalue weighted by molar-refractivity contribution is 7.07. The average Bonchev–Trinajstić information content (AvgIpc) is 3.11. The van der Waals surface area contributed by atoms with Crippen molar-refractivity contribution in [3.8, 4) is 0 Å². The van der Waals surface area contributed by atoms with Crippen molar-refractivity contribution in [2.24, 2.45) is 0 Å². The topological polar surface area (TPSA) is 42.7 Å². The summed E-state index contributed by atoms with van der Waals surface area (Å²) in [7, 11) is 0. The van der Waals surface area contributed by atoms with Crippen LogP contribution in [0.2, 0.25) is 0 Å². The van der Waals surface area contributed by atoms with Gasteiger partial charge in [0.25, 0.3) is 0 Å². The van der Waals surface area contributed by atoms with Crippen LogP contribution in [0.25, 0.3) is 11.0 Å². The van der Waals surface area contributed by atoms with Gasteiger partial charge in [0.1, 0.15) is 5.82 Å². The molecule has 4 nitrogen and oxygen atoms in total. The number of nitrogens with one attached hydrogen (secondary N) is 1. The van der Waals surface area contributed by atoms with Gasteiger partial charge in [-0.3, -0.25) is 0 Å². The van der Waals surface area contributed by atoms with E-state index in [2.05, 4.69) is 52.3 Å². The predicted octanol–water partition coefficient (Wildman–Crippen LogP) is 3.36. The number of hydrogen-bond donors (Lipinski definition) is 1. The maximum absolute atomic E-state index is 4.77. The van der Waals surface area contributed by atoms with Crippen LogP contribution in [0, 0.1) is 0 Å². The summed E-state index contributed by atoms with van der Waals surface area (Å²) in [5.41, 5.74) is 5.21. The van der Waals surface area contributed by atoms with E-state index in [1.54, 1.807) is 11.3 Å². The third-order valence-electron chi connectivity index (χ3n) is 3.46. The molecule has 0 saturated heterocycles.